The molecule has 9 nitrogen and oxygen atoms in total. The van der Waals surface area contributed by atoms with Gasteiger partial charge in [-0.2, -0.15) is 23.4 Å². The molecule has 0 aliphatic carbocycles. The Morgan fingerprint density at radius 3 is 2.45 bits per heavy atom. The van der Waals surface area contributed by atoms with Crippen molar-refractivity contribution in [1.82, 2.24) is 15.0 Å². The van der Waals surface area contributed by atoms with Crippen LogP contribution in [-0.2, 0) is 22.7 Å². The Kier molecular flexibility index (Phi) is 6.98. The molecule has 0 amide bonds. The normalized spacial score (nSPS) is 11.5. The number of anilines is 4. The van der Waals surface area contributed by atoms with Gasteiger partial charge in [-0.25, -0.2) is 18.4 Å². The molecular formula is C20H18F3N7O2S. The Morgan fingerprint density at radius 2 is 1.82 bits per heavy atom. The molecular weight excluding hydrogens is 459 g/mol. The topological polar surface area (TPSA) is 133 Å². The Hall–Kier alpha value is -3.92. The van der Waals surface area contributed by atoms with Crippen LogP contribution in [0.15, 0.2) is 48.8 Å². The average Bonchev–Trinajstić information content (AvgIpc) is 2.78. The van der Waals surface area contributed by atoms with E-state index in [0.717, 1.165) is 0 Å². The van der Waals surface area contributed by atoms with Crippen molar-refractivity contribution < 1.29 is 21.6 Å². The van der Waals surface area contributed by atoms with E-state index in [4.69, 9.17) is 5.26 Å². The number of pyridine rings is 1. The SMILES string of the molecule is CCS(=O)(=O)Nc1ncccc1CNc1nc(Nc2ccc(C#N)cc2)ncc1C(F)(F)F. The first-order valence-electron chi connectivity index (χ1n) is 9.51. The molecule has 13 heteroatoms. The van der Waals surface area contributed by atoms with Crippen LogP contribution in [0.1, 0.15) is 23.6 Å². The molecule has 0 saturated heterocycles. The minimum absolute atomic E-state index is 0.00500. The highest BCUT2D eigenvalue weighted by atomic mass is 32.2. The van der Waals surface area contributed by atoms with E-state index in [1.54, 1.807) is 12.1 Å². The van der Waals surface area contributed by atoms with Gasteiger partial charge in [0.2, 0.25) is 16.0 Å². The van der Waals surface area contributed by atoms with Gasteiger partial charge in [0, 0.05) is 30.2 Å². The number of sulfonamides is 1. The van der Waals surface area contributed by atoms with E-state index in [1.807, 2.05) is 6.07 Å². The molecule has 33 heavy (non-hydrogen) atoms. The highest BCUT2D eigenvalue weighted by Crippen LogP contribution is 2.34. The minimum atomic E-state index is -4.73. The number of nitriles is 1. The Bertz CT molecular complexity index is 1270. The van der Waals surface area contributed by atoms with E-state index in [1.165, 1.54) is 37.4 Å². The van der Waals surface area contributed by atoms with Crippen molar-refractivity contribution >= 4 is 33.3 Å². The zero-order chi connectivity index (χ0) is 24.1. The third-order valence-electron chi connectivity index (χ3n) is 4.33. The predicted molar refractivity (Wildman–Crippen MR) is 116 cm³/mol. The van der Waals surface area contributed by atoms with Gasteiger partial charge in [-0.3, -0.25) is 4.72 Å². The molecule has 2 aromatic heterocycles. The quantitative estimate of drug-likeness (QED) is 0.445. The summed E-state index contributed by atoms with van der Waals surface area (Å²) in [4.78, 5) is 11.6. The van der Waals surface area contributed by atoms with Crippen LogP contribution in [0.2, 0.25) is 0 Å². The summed E-state index contributed by atoms with van der Waals surface area (Å²) in [5.74, 6) is -0.786. The van der Waals surface area contributed by atoms with Gasteiger partial charge in [-0.15, -0.1) is 0 Å². The lowest BCUT2D eigenvalue weighted by molar-refractivity contribution is -0.137. The molecule has 0 saturated carbocycles. The maximum atomic E-state index is 13.5. The van der Waals surface area contributed by atoms with Crippen molar-refractivity contribution in [3.05, 3.63) is 65.5 Å². The molecule has 0 aliphatic heterocycles. The maximum Gasteiger partial charge on any atom is 0.421 e. The second-order valence-corrected chi connectivity index (χ2v) is 8.65. The van der Waals surface area contributed by atoms with Crippen molar-refractivity contribution in [3.8, 4) is 6.07 Å². The predicted octanol–water partition coefficient (Wildman–Crippen LogP) is 3.88. The number of hydrogen-bond acceptors (Lipinski definition) is 8. The van der Waals surface area contributed by atoms with Crippen molar-refractivity contribution in [2.45, 2.75) is 19.6 Å². The molecule has 0 bridgehead atoms. The molecule has 0 spiro atoms. The summed E-state index contributed by atoms with van der Waals surface area (Å²) in [7, 11) is -3.63. The molecule has 0 fully saturated rings. The highest BCUT2D eigenvalue weighted by Gasteiger charge is 2.35. The minimum Gasteiger partial charge on any atom is -0.365 e. The van der Waals surface area contributed by atoms with Crippen molar-refractivity contribution in [3.63, 3.8) is 0 Å². The van der Waals surface area contributed by atoms with E-state index in [9.17, 15) is 21.6 Å². The van der Waals surface area contributed by atoms with Crippen molar-refractivity contribution in [2.75, 3.05) is 21.1 Å². The van der Waals surface area contributed by atoms with Crippen LogP contribution in [0.5, 0.6) is 0 Å². The second kappa shape index (κ2) is 9.70. The number of nitrogens with zero attached hydrogens (tertiary/aromatic N) is 4. The van der Waals surface area contributed by atoms with Gasteiger partial charge in [0.15, 0.2) is 0 Å². The van der Waals surface area contributed by atoms with Crippen LogP contribution in [0.25, 0.3) is 0 Å². The van der Waals surface area contributed by atoms with Crippen LogP contribution in [0, 0.1) is 11.3 Å². The number of hydrogen-bond donors (Lipinski definition) is 3. The lowest BCUT2D eigenvalue weighted by Crippen LogP contribution is -2.18. The number of aromatic nitrogens is 3. The Labute approximate surface area is 187 Å². The van der Waals surface area contributed by atoms with Crippen LogP contribution in [0.3, 0.4) is 0 Å². The van der Waals surface area contributed by atoms with Gasteiger partial charge in [0.1, 0.15) is 17.2 Å². The molecule has 0 radical (unpaired) electrons. The maximum absolute atomic E-state index is 13.5. The van der Waals surface area contributed by atoms with E-state index in [-0.39, 0.29) is 24.1 Å². The molecule has 3 aromatic rings. The van der Waals surface area contributed by atoms with Crippen LogP contribution in [0.4, 0.5) is 36.4 Å². The average molecular weight is 477 g/mol. The van der Waals surface area contributed by atoms with Gasteiger partial charge < -0.3 is 10.6 Å². The lowest BCUT2D eigenvalue weighted by Gasteiger charge is -2.16. The number of rotatable bonds is 8. The highest BCUT2D eigenvalue weighted by molar-refractivity contribution is 7.92. The summed E-state index contributed by atoms with van der Waals surface area (Å²) in [5.41, 5.74) is 0.126. The first-order chi connectivity index (χ1) is 15.6. The summed E-state index contributed by atoms with van der Waals surface area (Å²) in [5, 5.41) is 14.2. The lowest BCUT2D eigenvalue weighted by atomic mass is 10.2. The van der Waals surface area contributed by atoms with E-state index < -0.39 is 27.6 Å². The zero-order valence-corrected chi connectivity index (χ0v) is 18.0. The monoisotopic (exact) mass is 477 g/mol. The fourth-order valence-corrected chi connectivity index (χ4v) is 3.24. The van der Waals surface area contributed by atoms with Gasteiger partial charge >= 0.3 is 6.18 Å². The molecule has 0 unspecified atom stereocenters. The number of halogens is 3. The Balaban J connectivity index is 1.87. The molecule has 0 aliphatic rings. The van der Waals surface area contributed by atoms with Crippen molar-refractivity contribution in [2.24, 2.45) is 0 Å². The van der Waals surface area contributed by atoms with E-state index >= 15 is 0 Å². The van der Waals surface area contributed by atoms with Gasteiger partial charge in [0.05, 0.1) is 17.4 Å². The zero-order valence-electron chi connectivity index (χ0n) is 17.2. The summed E-state index contributed by atoms with van der Waals surface area (Å²) in [6, 6.07) is 11.2. The largest absolute Gasteiger partial charge is 0.421 e. The molecule has 3 N–H and O–H groups in total. The smallest absolute Gasteiger partial charge is 0.365 e. The van der Waals surface area contributed by atoms with Crippen LogP contribution >= 0.6 is 0 Å². The number of nitrogens with one attached hydrogen (secondary N) is 3. The first kappa shape index (κ1) is 23.7. The van der Waals surface area contributed by atoms with Gasteiger partial charge in [0.25, 0.3) is 0 Å². The Morgan fingerprint density at radius 1 is 1.09 bits per heavy atom. The molecule has 3 rings (SSSR count). The van der Waals surface area contributed by atoms with Gasteiger partial charge in [-0.05, 0) is 37.3 Å². The number of alkyl halides is 3. The number of benzene rings is 1. The van der Waals surface area contributed by atoms with Crippen LogP contribution < -0.4 is 15.4 Å². The molecule has 0 atom stereocenters. The fraction of sp³-hybridized carbons (Fsp3) is 0.200. The van der Waals surface area contributed by atoms with Crippen molar-refractivity contribution in [1.29, 1.82) is 5.26 Å². The summed E-state index contributed by atoms with van der Waals surface area (Å²) < 4.78 is 66.5. The third-order valence-corrected chi connectivity index (χ3v) is 5.60. The van der Waals surface area contributed by atoms with Gasteiger partial charge in [-0.1, -0.05) is 6.07 Å². The fourth-order valence-electron chi connectivity index (χ4n) is 2.61. The standard InChI is InChI=1S/C20H18F3N7O2S/c1-2-33(31,32)30-17-14(4-3-9-25-17)11-26-18-16(20(21,22)23)12-27-19(29-18)28-15-7-5-13(10-24)6-8-15/h3-9,12H,2,11H2,1H3,(H,25,30)(H2,26,27,28,29). The molecule has 2 heterocycles. The first-order valence-corrected chi connectivity index (χ1v) is 11.2. The molecule has 1 aromatic carbocycles. The second-order valence-electron chi connectivity index (χ2n) is 6.64. The molecule has 172 valence electrons. The summed E-state index contributed by atoms with van der Waals surface area (Å²) in [6.07, 6.45) is -2.72. The summed E-state index contributed by atoms with van der Waals surface area (Å²) >= 11 is 0. The van der Waals surface area contributed by atoms with E-state index in [2.05, 4.69) is 30.3 Å². The van der Waals surface area contributed by atoms with Crippen LogP contribution in [-0.4, -0.2) is 29.1 Å². The van der Waals surface area contributed by atoms with E-state index in [0.29, 0.717) is 23.0 Å². The summed E-state index contributed by atoms with van der Waals surface area (Å²) in [6.45, 7) is 1.26. The third kappa shape index (κ3) is 6.30.